The first-order chi connectivity index (χ1) is 10.5. The van der Waals surface area contributed by atoms with Crippen LogP contribution in [0, 0.1) is 5.92 Å². The summed E-state index contributed by atoms with van der Waals surface area (Å²) in [6, 6.07) is 0. The quantitative estimate of drug-likeness (QED) is 0.635. The molecule has 1 N–H and O–H groups in total. The summed E-state index contributed by atoms with van der Waals surface area (Å²) in [6.07, 6.45) is 3.04. The number of rotatable bonds is 5. The Hall–Kier alpha value is -1.76. The number of guanidine groups is 1. The van der Waals surface area contributed by atoms with Gasteiger partial charge in [-0.25, -0.2) is 4.98 Å². The zero-order valence-electron chi connectivity index (χ0n) is 14.3. The Kier molecular flexibility index (Phi) is 5.65. The lowest BCUT2D eigenvalue weighted by atomic mass is 10.1. The highest BCUT2D eigenvalue weighted by molar-refractivity contribution is 5.79. The van der Waals surface area contributed by atoms with E-state index >= 15 is 0 Å². The van der Waals surface area contributed by atoms with Gasteiger partial charge in [-0.05, 0) is 6.42 Å². The van der Waals surface area contributed by atoms with Crippen molar-refractivity contribution in [3.8, 4) is 0 Å². The largest absolute Gasteiger partial charge is 0.381 e. The van der Waals surface area contributed by atoms with Crippen molar-refractivity contribution in [3.05, 3.63) is 11.9 Å². The molecule has 0 saturated carbocycles. The molecular formula is C15H28N6O. The van der Waals surface area contributed by atoms with Crippen molar-refractivity contribution in [1.82, 2.24) is 19.8 Å². The van der Waals surface area contributed by atoms with Gasteiger partial charge in [0.05, 0.1) is 25.0 Å². The van der Waals surface area contributed by atoms with Crippen molar-refractivity contribution in [2.24, 2.45) is 18.0 Å². The second kappa shape index (κ2) is 7.49. The molecule has 1 aromatic heterocycles. The van der Waals surface area contributed by atoms with Crippen LogP contribution in [0.2, 0.25) is 0 Å². The standard InChI is InChI=1S/C15H28N6O/c1-16-14(20(4)10-12-6-7-22-11-12)17-8-13-9-18-15(19(2)3)21(13)5/h9,12H,6-8,10-11H2,1-5H3,(H,16,17). The van der Waals surface area contributed by atoms with Crippen LogP contribution >= 0.6 is 0 Å². The first kappa shape index (κ1) is 16.6. The maximum absolute atomic E-state index is 5.44. The van der Waals surface area contributed by atoms with Gasteiger partial charge in [-0.2, -0.15) is 0 Å². The van der Waals surface area contributed by atoms with E-state index in [9.17, 15) is 0 Å². The summed E-state index contributed by atoms with van der Waals surface area (Å²) in [5, 5.41) is 3.41. The van der Waals surface area contributed by atoms with Crippen molar-refractivity contribution in [2.45, 2.75) is 13.0 Å². The summed E-state index contributed by atoms with van der Waals surface area (Å²) in [5.41, 5.74) is 1.13. The van der Waals surface area contributed by atoms with Gasteiger partial charge in [0.25, 0.3) is 0 Å². The zero-order chi connectivity index (χ0) is 16.1. The third kappa shape index (κ3) is 3.91. The molecule has 7 nitrogen and oxygen atoms in total. The zero-order valence-corrected chi connectivity index (χ0v) is 14.3. The molecule has 1 aromatic rings. The molecule has 1 unspecified atom stereocenters. The molecule has 7 heteroatoms. The van der Waals surface area contributed by atoms with Crippen LogP contribution < -0.4 is 10.2 Å². The van der Waals surface area contributed by atoms with Crippen molar-refractivity contribution in [1.29, 1.82) is 0 Å². The van der Waals surface area contributed by atoms with E-state index in [4.69, 9.17) is 4.74 Å². The predicted octanol–water partition coefficient (Wildman–Crippen LogP) is 0.530. The number of imidazole rings is 1. The molecule has 0 radical (unpaired) electrons. The summed E-state index contributed by atoms with van der Waals surface area (Å²) >= 11 is 0. The topological polar surface area (TPSA) is 57.9 Å². The van der Waals surface area contributed by atoms with Gasteiger partial charge in [0.15, 0.2) is 5.96 Å². The van der Waals surface area contributed by atoms with E-state index < -0.39 is 0 Å². The van der Waals surface area contributed by atoms with Gasteiger partial charge < -0.3 is 24.4 Å². The van der Waals surface area contributed by atoms with E-state index in [2.05, 4.69) is 31.8 Å². The number of ether oxygens (including phenoxy) is 1. The number of aromatic nitrogens is 2. The van der Waals surface area contributed by atoms with E-state index in [0.717, 1.165) is 43.8 Å². The third-order valence-electron chi connectivity index (χ3n) is 4.02. The molecule has 1 saturated heterocycles. The summed E-state index contributed by atoms with van der Waals surface area (Å²) in [5.74, 6) is 2.45. The molecule has 1 fully saturated rings. The number of nitrogens with one attached hydrogen (secondary N) is 1. The van der Waals surface area contributed by atoms with Gasteiger partial charge in [0.2, 0.25) is 5.95 Å². The van der Waals surface area contributed by atoms with Gasteiger partial charge in [0, 0.05) is 54.3 Å². The first-order valence-corrected chi connectivity index (χ1v) is 7.70. The molecule has 0 bridgehead atoms. The summed E-state index contributed by atoms with van der Waals surface area (Å²) in [6.45, 7) is 3.41. The Labute approximate surface area is 133 Å². The molecule has 2 rings (SSSR count). The van der Waals surface area contributed by atoms with Crippen LogP contribution in [0.3, 0.4) is 0 Å². The highest BCUT2D eigenvalue weighted by Crippen LogP contribution is 2.14. The van der Waals surface area contributed by atoms with Crippen molar-refractivity contribution in [3.63, 3.8) is 0 Å². The molecule has 0 aliphatic carbocycles. The van der Waals surface area contributed by atoms with Crippen LogP contribution in [0.4, 0.5) is 5.95 Å². The van der Waals surface area contributed by atoms with E-state index in [-0.39, 0.29) is 0 Å². The van der Waals surface area contributed by atoms with E-state index in [1.54, 1.807) is 0 Å². The summed E-state index contributed by atoms with van der Waals surface area (Å²) < 4.78 is 7.53. The molecule has 0 spiro atoms. The Morgan fingerprint density at radius 1 is 1.50 bits per heavy atom. The number of anilines is 1. The molecule has 1 atom stereocenters. The van der Waals surface area contributed by atoms with Crippen LogP contribution in [0.15, 0.2) is 11.2 Å². The highest BCUT2D eigenvalue weighted by Gasteiger charge is 2.19. The Bertz CT molecular complexity index is 504. The number of nitrogens with zero attached hydrogens (tertiary/aromatic N) is 5. The minimum Gasteiger partial charge on any atom is -0.381 e. The lowest BCUT2D eigenvalue weighted by molar-refractivity contribution is 0.181. The lowest BCUT2D eigenvalue weighted by Gasteiger charge is -2.24. The van der Waals surface area contributed by atoms with E-state index in [0.29, 0.717) is 12.5 Å². The Morgan fingerprint density at radius 2 is 2.27 bits per heavy atom. The number of hydrogen-bond donors (Lipinski definition) is 1. The maximum atomic E-state index is 5.44. The molecule has 0 aromatic carbocycles. The fourth-order valence-electron chi connectivity index (χ4n) is 2.77. The van der Waals surface area contributed by atoms with Crippen LogP contribution in [0.1, 0.15) is 12.1 Å². The average molecular weight is 308 g/mol. The first-order valence-electron chi connectivity index (χ1n) is 7.70. The minimum atomic E-state index is 0.598. The smallest absolute Gasteiger partial charge is 0.204 e. The fourth-order valence-corrected chi connectivity index (χ4v) is 2.77. The monoisotopic (exact) mass is 308 g/mol. The van der Waals surface area contributed by atoms with Gasteiger partial charge in [-0.3, -0.25) is 4.99 Å². The number of aliphatic imine (C=N–C) groups is 1. The molecule has 2 heterocycles. The third-order valence-corrected chi connectivity index (χ3v) is 4.02. The molecular weight excluding hydrogens is 280 g/mol. The number of hydrogen-bond acceptors (Lipinski definition) is 4. The van der Waals surface area contributed by atoms with Crippen LogP contribution in [0.5, 0.6) is 0 Å². The van der Waals surface area contributed by atoms with Gasteiger partial charge in [-0.15, -0.1) is 0 Å². The maximum Gasteiger partial charge on any atom is 0.204 e. The van der Waals surface area contributed by atoms with Crippen LogP contribution in [-0.4, -0.2) is 68.4 Å². The van der Waals surface area contributed by atoms with Crippen molar-refractivity contribution >= 4 is 11.9 Å². The lowest BCUT2D eigenvalue weighted by Crippen LogP contribution is -2.41. The van der Waals surface area contributed by atoms with Gasteiger partial charge in [0.1, 0.15) is 0 Å². The Balaban J connectivity index is 1.90. The van der Waals surface area contributed by atoms with Gasteiger partial charge in [-0.1, -0.05) is 0 Å². The molecule has 1 aliphatic rings. The highest BCUT2D eigenvalue weighted by atomic mass is 16.5. The predicted molar refractivity (Wildman–Crippen MR) is 89.3 cm³/mol. The fraction of sp³-hybridized carbons (Fsp3) is 0.733. The minimum absolute atomic E-state index is 0.598. The second-order valence-electron chi connectivity index (χ2n) is 6.01. The Morgan fingerprint density at radius 3 is 2.82 bits per heavy atom. The van der Waals surface area contributed by atoms with E-state index in [1.807, 2.05) is 39.3 Å². The second-order valence-corrected chi connectivity index (χ2v) is 6.01. The summed E-state index contributed by atoms with van der Waals surface area (Å²) in [7, 11) is 9.91. The normalized spacial score (nSPS) is 18.6. The van der Waals surface area contributed by atoms with E-state index in [1.165, 1.54) is 0 Å². The van der Waals surface area contributed by atoms with Crippen LogP contribution in [-0.2, 0) is 18.3 Å². The molecule has 124 valence electrons. The SMILES string of the molecule is CN=C(NCc1cnc(N(C)C)n1C)N(C)CC1CCOC1. The van der Waals surface area contributed by atoms with Crippen LogP contribution in [0.25, 0.3) is 0 Å². The van der Waals surface area contributed by atoms with Gasteiger partial charge >= 0.3 is 0 Å². The average Bonchev–Trinajstić information content (AvgIpc) is 3.10. The summed E-state index contributed by atoms with van der Waals surface area (Å²) in [4.78, 5) is 13.0. The van der Waals surface area contributed by atoms with Crippen molar-refractivity contribution in [2.75, 3.05) is 52.8 Å². The molecule has 1 aliphatic heterocycles. The molecule has 22 heavy (non-hydrogen) atoms. The molecule has 0 amide bonds. The van der Waals surface area contributed by atoms with Crippen molar-refractivity contribution < 1.29 is 4.74 Å².